The first-order valence-electron chi connectivity index (χ1n) is 6.55. The first-order chi connectivity index (χ1) is 9.63. The van der Waals surface area contributed by atoms with Crippen molar-refractivity contribution in [3.63, 3.8) is 0 Å². The molecule has 20 heavy (non-hydrogen) atoms. The smallest absolute Gasteiger partial charge is 0.194 e. The average Bonchev–Trinajstić information content (AvgIpc) is 2.40. The van der Waals surface area contributed by atoms with E-state index in [1.807, 2.05) is 0 Å². The van der Waals surface area contributed by atoms with E-state index in [0.717, 1.165) is 25.0 Å². The fraction of sp³-hybridized carbons (Fsp3) is 0.250. The van der Waals surface area contributed by atoms with Crippen LogP contribution in [0.4, 0.5) is 13.2 Å². The molecule has 0 atom stereocenters. The lowest BCUT2D eigenvalue weighted by atomic mass is 9.96. The van der Waals surface area contributed by atoms with Crippen molar-refractivity contribution in [3.8, 4) is 16.9 Å². The van der Waals surface area contributed by atoms with E-state index in [0.29, 0.717) is 16.9 Å². The summed E-state index contributed by atoms with van der Waals surface area (Å²) in [5.74, 6) is -3.16. The first kappa shape index (κ1) is 13.0. The number of hydrogen-bond donors (Lipinski definition) is 0. The monoisotopic (exact) mass is 278 g/mol. The van der Waals surface area contributed by atoms with Gasteiger partial charge in [0.15, 0.2) is 17.5 Å². The number of rotatable bonds is 3. The van der Waals surface area contributed by atoms with Gasteiger partial charge in [0.1, 0.15) is 5.75 Å². The zero-order chi connectivity index (χ0) is 14.1. The Kier molecular flexibility index (Phi) is 3.38. The summed E-state index contributed by atoms with van der Waals surface area (Å²) in [6, 6.07) is 8.95. The molecule has 0 aliphatic heterocycles. The summed E-state index contributed by atoms with van der Waals surface area (Å²) in [5.41, 5.74) is 0.889. The van der Waals surface area contributed by atoms with Crippen molar-refractivity contribution < 1.29 is 17.9 Å². The Morgan fingerprint density at radius 1 is 0.900 bits per heavy atom. The normalized spacial score (nSPS) is 14.9. The second kappa shape index (κ2) is 5.19. The minimum absolute atomic E-state index is 0.229. The maximum absolute atomic E-state index is 13.3. The average molecular weight is 278 g/mol. The highest BCUT2D eigenvalue weighted by molar-refractivity contribution is 5.65. The van der Waals surface area contributed by atoms with Crippen LogP contribution < -0.4 is 4.74 Å². The summed E-state index contributed by atoms with van der Waals surface area (Å²) in [6.45, 7) is 0. The molecule has 1 saturated carbocycles. The van der Waals surface area contributed by atoms with Crippen LogP contribution in [0.25, 0.3) is 11.1 Å². The highest BCUT2D eigenvalue weighted by Crippen LogP contribution is 2.29. The summed E-state index contributed by atoms with van der Waals surface area (Å²) >= 11 is 0. The largest absolute Gasteiger partial charge is 0.490 e. The minimum Gasteiger partial charge on any atom is -0.490 e. The molecule has 0 unspecified atom stereocenters. The van der Waals surface area contributed by atoms with Gasteiger partial charge >= 0.3 is 0 Å². The maximum Gasteiger partial charge on any atom is 0.194 e. The number of ether oxygens (including phenoxy) is 1. The molecule has 0 amide bonds. The molecular formula is C16H13F3O. The predicted molar refractivity (Wildman–Crippen MR) is 70.0 cm³/mol. The van der Waals surface area contributed by atoms with Crippen LogP contribution in [0.15, 0.2) is 36.4 Å². The van der Waals surface area contributed by atoms with Crippen molar-refractivity contribution in [2.45, 2.75) is 25.4 Å². The van der Waals surface area contributed by atoms with Gasteiger partial charge < -0.3 is 4.74 Å². The van der Waals surface area contributed by atoms with Gasteiger partial charge in [0.25, 0.3) is 0 Å². The molecule has 0 radical (unpaired) electrons. The highest BCUT2D eigenvalue weighted by atomic mass is 19.2. The molecule has 1 aliphatic rings. The van der Waals surface area contributed by atoms with E-state index < -0.39 is 17.5 Å². The Bertz CT molecular complexity index is 612. The molecule has 1 nitrogen and oxygen atoms in total. The van der Waals surface area contributed by atoms with E-state index in [2.05, 4.69) is 0 Å². The van der Waals surface area contributed by atoms with Crippen LogP contribution in [-0.4, -0.2) is 6.10 Å². The van der Waals surface area contributed by atoms with Crippen LogP contribution in [-0.2, 0) is 0 Å². The van der Waals surface area contributed by atoms with Gasteiger partial charge in [0.2, 0.25) is 0 Å². The lowest BCUT2D eigenvalue weighted by Crippen LogP contribution is -2.24. The third-order valence-corrected chi connectivity index (χ3v) is 3.51. The highest BCUT2D eigenvalue weighted by Gasteiger charge is 2.19. The summed E-state index contributed by atoms with van der Waals surface area (Å²) in [4.78, 5) is 0. The van der Waals surface area contributed by atoms with E-state index in [9.17, 15) is 13.2 Å². The molecule has 3 rings (SSSR count). The Morgan fingerprint density at radius 2 is 1.60 bits per heavy atom. The van der Waals surface area contributed by atoms with Crippen molar-refractivity contribution in [1.29, 1.82) is 0 Å². The zero-order valence-corrected chi connectivity index (χ0v) is 10.7. The fourth-order valence-corrected chi connectivity index (χ4v) is 2.15. The van der Waals surface area contributed by atoms with E-state index in [4.69, 9.17) is 4.74 Å². The topological polar surface area (TPSA) is 9.23 Å². The lowest BCUT2D eigenvalue weighted by Gasteiger charge is -2.26. The molecule has 2 aromatic carbocycles. The van der Waals surface area contributed by atoms with Gasteiger partial charge in [-0.15, -0.1) is 0 Å². The molecule has 0 spiro atoms. The van der Waals surface area contributed by atoms with Gasteiger partial charge in [-0.05, 0) is 54.7 Å². The summed E-state index contributed by atoms with van der Waals surface area (Å²) in [7, 11) is 0. The van der Waals surface area contributed by atoms with Crippen LogP contribution in [0, 0.1) is 17.5 Å². The Morgan fingerprint density at radius 3 is 2.20 bits per heavy atom. The third-order valence-electron chi connectivity index (χ3n) is 3.51. The van der Waals surface area contributed by atoms with Crippen molar-refractivity contribution in [2.24, 2.45) is 0 Å². The van der Waals surface area contributed by atoms with Gasteiger partial charge in [0.05, 0.1) is 6.10 Å². The van der Waals surface area contributed by atoms with Gasteiger partial charge in [0, 0.05) is 0 Å². The van der Waals surface area contributed by atoms with Crippen LogP contribution in [0.3, 0.4) is 0 Å². The van der Waals surface area contributed by atoms with Crippen molar-refractivity contribution in [3.05, 3.63) is 53.8 Å². The molecule has 1 aliphatic carbocycles. The second-order valence-corrected chi connectivity index (χ2v) is 4.95. The lowest BCUT2D eigenvalue weighted by molar-refractivity contribution is 0.120. The molecule has 4 heteroatoms. The van der Waals surface area contributed by atoms with Gasteiger partial charge in [-0.2, -0.15) is 0 Å². The van der Waals surface area contributed by atoms with Crippen LogP contribution in [0.2, 0.25) is 0 Å². The summed E-state index contributed by atoms with van der Waals surface area (Å²) in [5, 5.41) is 0. The summed E-state index contributed by atoms with van der Waals surface area (Å²) < 4.78 is 45.2. The molecule has 0 saturated heterocycles. The van der Waals surface area contributed by atoms with E-state index in [-0.39, 0.29) is 6.10 Å². The molecule has 104 valence electrons. The second-order valence-electron chi connectivity index (χ2n) is 4.95. The van der Waals surface area contributed by atoms with E-state index in [1.54, 1.807) is 24.3 Å². The van der Waals surface area contributed by atoms with Crippen molar-refractivity contribution in [2.75, 3.05) is 0 Å². The molecule has 0 bridgehead atoms. The van der Waals surface area contributed by atoms with Crippen molar-refractivity contribution in [1.82, 2.24) is 0 Å². The fourth-order valence-electron chi connectivity index (χ4n) is 2.15. The number of halogens is 3. The Hall–Kier alpha value is -1.97. The SMILES string of the molecule is Fc1cc(-c2cccc(OC3CCC3)c2)cc(F)c1F. The molecule has 0 N–H and O–H groups in total. The molecule has 0 heterocycles. The molecule has 2 aromatic rings. The molecule has 0 aromatic heterocycles. The Balaban J connectivity index is 1.91. The number of hydrogen-bond acceptors (Lipinski definition) is 1. The number of benzene rings is 2. The molecule has 1 fully saturated rings. The minimum atomic E-state index is -1.45. The van der Waals surface area contributed by atoms with Gasteiger partial charge in [-0.3, -0.25) is 0 Å². The maximum atomic E-state index is 13.3. The quantitative estimate of drug-likeness (QED) is 0.739. The standard InChI is InChI=1S/C16H13F3O/c17-14-8-11(9-15(18)16(14)19)10-3-1-6-13(7-10)20-12-4-2-5-12/h1,3,6-9,12H,2,4-5H2. The van der Waals surface area contributed by atoms with Crippen LogP contribution in [0.1, 0.15) is 19.3 Å². The van der Waals surface area contributed by atoms with Gasteiger partial charge in [-0.25, -0.2) is 13.2 Å². The first-order valence-corrected chi connectivity index (χ1v) is 6.55. The third kappa shape index (κ3) is 2.50. The van der Waals surface area contributed by atoms with E-state index >= 15 is 0 Å². The van der Waals surface area contributed by atoms with Crippen LogP contribution >= 0.6 is 0 Å². The van der Waals surface area contributed by atoms with E-state index in [1.165, 1.54) is 6.42 Å². The van der Waals surface area contributed by atoms with Crippen LogP contribution in [0.5, 0.6) is 5.75 Å². The summed E-state index contributed by atoms with van der Waals surface area (Å²) in [6.07, 6.45) is 3.46. The van der Waals surface area contributed by atoms with Crippen molar-refractivity contribution >= 4 is 0 Å². The predicted octanol–water partition coefficient (Wildman–Crippen LogP) is 4.70. The zero-order valence-electron chi connectivity index (χ0n) is 10.7. The molecular weight excluding hydrogens is 265 g/mol. The van der Waals surface area contributed by atoms with Gasteiger partial charge in [-0.1, -0.05) is 12.1 Å². The Labute approximate surface area is 115 Å².